The monoisotopic (exact) mass is 322 g/mol. The summed E-state index contributed by atoms with van der Waals surface area (Å²) in [6.45, 7) is 1.86. The molecule has 0 radical (unpaired) electrons. The van der Waals surface area contributed by atoms with Gasteiger partial charge in [-0.3, -0.25) is 0 Å². The van der Waals surface area contributed by atoms with E-state index in [0.29, 0.717) is 6.42 Å². The van der Waals surface area contributed by atoms with E-state index in [0.717, 1.165) is 18.6 Å². The zero-order valence-electron chi connectivity index (χ0n) is 11.9. The standard InChI is InChI=1S/C16H16F6/c1-2-3-6-12(9-10-15(17,18)19)11-13-7-4-5-8-14(13)16(20,21)22/h4-5,7-11H,2-3,6H2,1H3/b10-9+,12-11+. The van der Waals surface area contributed by atoms with E-state index >= 15 is 0 Å². The second-order valence-corrected chi connectivity index (χ2v) is 4.78. The highest BCUT2D eigenvalue weighted by Crippen LogP contribution is 2.33. The Balaban J connectivity index is 3.19. The predicted molar refractivity (Wildman–Crippen MR) is 74.1 cm³/mol. The number of unbranched alkanes of at least 4 members (excludes halogenated alkanes) is 1. The van der Waals surface area contributed by atoms with Crippen molar-refractivity contribution >= 4 is 6.08 Å². The lowest BCUT2D eigenvalue weighted by Gasteiger charge is -2.11. The second-order valence-electron chi connectivity index (χ2n) is 4.78. The summed E-state index contributed by atoms with van der Waals surface area (Å²) in [7, 11) is 0. The van der Waals surface area contributed by atoms with Crippen LogP contribution in [0.5, 0.6) is 0 Å². The molecule has 0 fully saturated rings. The van der Waals surface area contributed by atoms with Crippen molar-refractivity contribution in [1.82, 2.24) is 0 Å². The van der Waals surface area contributed by atoms with Crippen LogP contribution < -0.4 is 0 Å². The van der Waals surface area contributed by atoms with Crippen LogP contribution in [0.2, 0.25) is 0 Å². The summed E-state index contributed by atoms with van der Waals surface area (Å²) < 4.78 is 75.5. The summed E-state index contributed by atoms with van der Waals surface area (Å²) in [5.74, 6) is 0. The zero-order chi connectivity index (χ0) is 16.8. The molecule has 22 heavy (non-hydrogen) atoms. The quantitative estimate of drug-likeness (QED) is 0.435. The maximum atomic E-state index is 12.9. The molecule has 0 unspecified atom stereocenters. The number of halogens is 6. The van der Waals surface area contributed by atoms with Gasteiger partial charge in [0.05, 0.1) is 5.56 Å². The van der Waals surface area contributed by atoms with Crippen molar-refractivity contribution in [2.24, 2.45) is 0 Å². The SMILES string of the molecule is CCCCC(/C=C/C(F)(F)F)=C\c1ccccc1C(F)(F)F. The number of rotatable bonds is 5. The summed E-state index contributed by atoms with van der Waals surface area (Å²) in [6.07, 6.45) is -5.37. The number of allylic oxidation sites excluding steroid dienone is 3. The number of benzene rings is 1. The van der Waals surface area contributed by atoms with E-state index in [1.54, 1.807) is 0 Å². The fraction of sp³-hybridized carbons (Fsp3) is 0.375. The molecule has 0 amide bonds. The van der Waals surface area contributed by atoms with E-state index in [9.17, 15) is 26.3 Å². The zero-order valence-corrected chi connectivity index (χ0v) is 11.9. The summed E-state index contributed by atoms with van der Waals surface area (Å²) in [4.78, 5) is 0. The molecule has 0 bridgehead atoms. The summed E-state index contributed by atoms with van der Waals surface area (Å²) >= 11 is 0. The highest BCUT2D eigenvalue weighted by Gasteiger charge is 2.32. The van der Waals surface area contributed by atoms with Gasteiger partial charge in [-0.05, 0) is 30.0 Å². The Morgan fingerprint density at radius 1 is 1.05 bits per heavy atom. The Kier molecular flexibility index (Phi) is 6.26. The molecule has 1 rings (SSSR count). The van der Waals surface area contributed by atoms with Gasteiger partial charge in [-0.25, -0.2) is 0 Å². The minimum atomic E-state index is -4.54. The largest absolute Gasteiger partial charge is 0.416 e. The Morgan fingerprint density at radius 3 is 2.23 bits per heavy atom. The summed E-state index contributed by atoms with van der Waals surface area (Å²) in [5, 5.41) is 0. The molecule has 1 aromatic carbocycles. The topological polar surface area (TPSA) is 0 Å². The third-order valence-electron chi connectivity index (χ3n) is 2.91. The third kappa shape index (κ3) is 6.37. The first-order valence-electron chi connectivity index (χ1n) is 6.76. The maximum absolute atomic E-state index is 12.9. The molecule has 0 atom stereocenters. The highest BCUT2D eigenvalue weighted by atomic mass is 19.4. The Morgan fingerprint density at radius 2 is 1.68 bits per heavy atom. The maximum Gasteiger partial charge on any atom is 0.416 e. The van der Waals surface area contributed by atoms with E-state index < -0.39 is 17.9 Å². The molecule has 0 aliphatic carbocycles. The van der Waals surface area contributed by atoms with E-state index in [1.807, 2.05) is 6.92 Å². The van der Waals surface area contributed by atoms with E-state index in [1.165, 1.54) is 24.3 Å². The smallest absolute Gasteiger partial charge is 0.167 e. The van der Waals surface area contributed by atoms with Gasteiger partial charge < -0.3 is 0 Å². The van der Waals surface area contributed by atoms with Gasteiger partial charge in [-0.2, -0.15) is 26.3 Å². The van der Waals surface area contributed by atoms with Gasteiger partial charge in [0.1, 0.15) is 0 Å². The van der Waals surface area contributed by atoms with Crippen LogP contribution in [0.4, 0.5) is 26.3 Å². The number of alkyl halides is 6. The van der Waals surface area contributed by atoms with Crippen molar-refractivity contribution in [3.8, 4) is 0 Å². The molecule has 6 heteroatoms. The third-order valence-corrected chi connectivity index (χ3v) is 2.91. The first kappa shape index (κ1) is 18.3. The van der Waals surface area contributed by atoms with Crippen molar-refractivity contribution < 1.29 is 26.3 Å². The van der Waals surface area contributed by atoms with Crippen molar-refractivity contribution in [3.63, 3.8) is 0 Å². The van der Waals surface area contributed by atoms with Gasteiger partial charge in [0.2, 0.25) is 0 Å². The minimum Gasteiger partial charge on any atom is -0.167 e. The molecular formula is C16H16F6. The van der Waals surface area contributed by atoms with Gasteiger partial charge in [0.15, 0.2) is 0 Å². The minimum absolute atomic E-state index is 0.0463. The lowest BCUT2D eigenvalue weighted by atomic mass is 10.0. The molecular weight excluding hydrogens is 306 g/mol. The molecule has 0 spiro atoms. The molecule has 0 saturated heterocycles. The second kappa shape index (κ2) is 7.51. The first-order valence-corrected chi connectivity index (χ1v) is 6.76. The van der Waals surface area contributed by atoms with E-state index in [2.05, 4.69) is 0 Å². The number of hydrogen-bond donors (Lipinski definition) is 0. The first-order chi connectivity index (χ1) is 10.1. The molecule has 0 aromatic heterocycles. The Labute approximate surface area is 125 Å². The van der Waals surface area contributed by atoms with Crippen LogP contribution in [-0.2, 0) is 6.18 Å². The van der Waals surface area contributed by atoms with Crippen LogP contribution in [0.25, 0.3) is 6.08 Å². The lowest BCUT2D eigenvalue weighted by Crippen LogP contribution is -2.07. The van der Waals surface area contributed by atoms with Crippen LogP contribution in [0.15, 0.2) is 42.0 Å². The number of hydrogen-bond acceptors (Lipinski definition) is 0. The van der Waals surface area contributed by atoms with Crippen LogP contribution in [0.3, 0.4) is 0 Å². The normalized spacial score (nSPS) is 13.9. The molecule has 0 heterocycles. The Bertz CT molecular complexity index is 534. The fourth-order valence-corrected chi connectivity index (χ4v) is 1.87. The van der Waals surface area contributed by atoms with Crippen LogP contribution >= 0.6 is 0 Å². The average molecular weight is 322 g/mol. The Hall–Kier alpha value is -1.72. The molecule has 0 nitrogen and oxygen atoms in total. The fourth-order valence-electron chi connectivity index (χ4n) is 1.87. The molecule has 122 valence electrons. The average Bonchev–Trinajstić information content (AvgIpc) is 2.40. The predicted octanol–water partition coefficient (Wildman–Crippen LogP) is 6.40. The van der Waals surface area contributed by atoms with E-state index in [-0.39, 0.29) is 23.6 Å². The van der Waals surface area contributed by atoms with Gasteiger partial charge in [-0.15, -0.1) is 0 Å². The lowest BCUT2D eigenvalue weighted by molar-refractivity contribution is -0.137. The highest BCUT2D eigenvalue weighted by molar-refractivity contribution is 5.60. The molecule has 0 aliphatic heterocycles. The van der Waals surface area contributed by atoms with Crippen molar-refractivity contribution in [1.29, 1.82) is 0 Å². The van der Waals surface area contributed by atoms with E-state index in [4.69, 9.17) is 0 Å². The van der Waals surface area contributed by atoms with Gasteiger partial charge >= 0.3 is 12.4 Å². The van der Waals surface area contributed by atoms with Crippen LogP contribution in [-0.4, -0.2) is 6.18 Å². The summed E-state index contributed by atoms with van der Waals surface area (Å²) in [6, 6.07) is 4.83. The van der Waals surface area contributed by atoms with Crippen molar-refractivity contribution in [3.05, 3.63) is 53.1 Å². The molecule has 0 aliphatic rings. The van der Waals surface area contributed by atoms with Gasteiger partial charge in [0, 0.05) is 6.08 Å². The van der Waals surface area contributed by atoms with Crippen molar-refractivity contribution in [2.45, 2.75) is 38.5 Å². The molecule has 0 saturated carbocycles. The van der Waals surface area contributed by atoms with Gasteiger partial charge in [0.25, 0.3) is 0 Å². The molecule has 1 aromatic rings. The summed E-state index contributed by atoms with van der Waals surface area (Å²) in [5.41, 5.74) is -0.770. The molecule has 0 N–H and O–H groups in total. The van der Waals surface area contributed by atoms with Crippen LogP contribution in [0.1, 0.15) is 37.3 Å². The van der Waals surface area contributed by atoms with Crippen LogP contribution in [0, 0.1) is 0 Å². The van der Waals surface area contributed by atoms with Gasteiger partial charge in [-0.1, -0.05) is 43.7 Å². The van der Waals surface area contributed by atoms with Crippen molar-refractivity contribution in [2.75, 3.05) is 0 Å².